The van der Waals surface area contributed by atoms with Crippen LogP contribution in [0.2, 0.25) is 5.02 Å². The van der Waals surface area contributed by atoms with Gasteiger partial charge < -0.3 is 10.1 Å². The topological polar surface area (TPSA) is 48.9 Å². The fourth-order valence-electron chi connectivity index (χ4n) is 1.73. The summed E-state index contributed by atoms with van der Waals surface area (Å²) in [6, 6.07) is 5.20. The summed E-state index contributed by atoms with van der Waals surface area (Å²) in [5.74, 6) is 1.75. The van der Waals surface area contributed by atoms with Crippen LogP contribution in [-0.2, 0) is 0 Å². The molecule has 16 heavy (non-hydrogen) atoms. The van der Waals surface area contributed by atoms with Crippen molar-refractivity contribution in [2.45, 2.75) is 18.8 Å². The van der Waals surface area contributed by atoms with Crippen LogP contribution in [0.1, 0.15) is 24.6 Å². The van der Waals surface area contributed by atoms with Gasteiger partial charge in [-0.2, -0.15) is 0 Å². The molecule has 82 valence electrons. The Balaban J connectivity index is 1.97. The molecule has 0 atom stereocenters. The van der Waals surface area contributed by atoms with Crippen molar-refractivity contribution in [1.82, 2.24) is 9.97 Å². The van der Waals surface area contributed by atoms with Gasteiger partial charge in [0.05, 0.1) is 16.9 Å². The molecule has 0 amide bonds. The molecule has 0 spiro atoms. The average Bonchev–Trinajstić information content (AvgIpc) is 3.01. The van der Waals surface area contributed by atoms with Crippen molar-refractivity contribution in [2.24, 2.45) is 0 Å². The van der Waals surface area contributed by atoms with E-state index in [9.17, 15) is 5.11 Å². The Morgan fingerprint density at radius 1 is 1.38 bits per heavy atom. The summed E-state index contributed by atoms with van der Waals surface area (Å²) in [6.45, 7) is 0. The van der Waals surface area contributed by atoms with Gasteiger partial charge in [0, 0.05) is 11.5 Å². The van der Waals surface area contributed by atoms with E-state index in [2.05, 4.69) is 9.97 Å². The smallest absolute Gasteiger partial charge is 0.134 e. The number of phenolic OH excluding ortho intramolecular Hbond substituents is 1. The third-order valence-electron chi connectivity index (χ3n) is 2.82. The Morgan fingerprint density at radius 3 is 2.88 bits per heavy atom. The standard InChI is InChI=1S/C12H11ClN2O/c13-9-4-3-8(5-11(9)16)10-6-14-12(15-10)7-1-2-7/h3-7,16H,1-2H2,(H,14,15). The lowest BCUT2D eigenvalue weighted by atomic mass is 10.1. The highest BCUT2D eigenvalue weighted by molar-refractivity contribution is 6.32. The number of nitrogens with one attached hydrogen (secondary N) is 1. The van der Waals surface area contributed by atoms with E-state index in [0.717, 1.165) is 17.1 Å². The van der Waals surface area contributed by atoms with Gasteiger partial charge in [-0.25, -0.2) is 4.98 Å². The Bertz CT molecular complexity index is 532. The molecule has 1 heterocycles. The van der Waals surface area contributed by atoms with E-state index >= 15 is 0 Å². The third kappa shape index (κ3) is 1.67. The molecule has 3 rings (SSSR count). The lowest BCUT2D eigenvalue weighted by Crippen LogP contribution is -1.82. The summed E-state index contributed by atoms with van der Waals surface area (Å²) >= 11 is 5.76. The van der Waals surface area contributed by atoms with Gasteiger partial charge in [0.25, 0.3) is 0 Å². The first-order valence-corrected chi connectivity index (χ1v) is 5.65. The number of imidazole rings is 1. The van der Waals surface area contributed by atoms with E-state index in [1.165, 1.54) is 12.8 Å². The third-order valence-corrected chi connectivity index (χ3v) is 3.14. The van der Waals surface area contributed by atoms with Crippen molar-refractivity contribution < 1.29 is 5.11 Å². The molecule has 2 N–H and O–H groups in total. The van der Waals surface area contributed by atoms with Crippen molar-refractivity contribution in [1.29, 1.82) is 0 Å². The number of aromatic nitrogens is 2. The highest BCUT2D eigenvalue weighted by Crippen LogP contribution is 2.39. The predicted octanol–water partition coefficient (Wildman–Crippen LogP) is 3.31. The molecule has 1 aliphatic carbocycles. The second kappa shape index (κ2) is 3.52. The average molecular weight is 235 g/mol. The zero-order chi connectivity index (χ0) is 11.1. The summed E-state index contributed by atoms with van der Waals surface area (Å²) in [4.78, 5) is 7.61. The van der Waals surface area contributed by atoms with E-state index in [1.54, 1.807) is 18.3 Å². The Hall–Kier alpha value is -1.48. The van der Waals surface area contributed by atoms with E-state index in [4.69, 9.17) is 11.6 Å². The maximum atomic E-state index is 9.52. The van der Waals surface area contributed by atoms with Gasteiger partial charge in [0.1, 0.15) is 11.6 Å². The summed E-state index contributed by atoms with van der Waals surface area (Å²) in [6.07, 6.45) is 4.24. The van der Waals surface area contributed by atoms with Crippen LogP contribution in [-0.4, -0.2) is 15.1 Å². The fourth-order valence-corrected chi connectivity index (χ4v) is 1.85. The highest BCUT2D eigenvalue weighted by Gasteiger charge is 2.26. The summed E-state index contributed by atoms with van der Waals surface area (Å²) in [5, 5.41) is 9.89. The molecule has 0 saturated heterocycles. The minimum absolute atomic E-state index is 0.0988. The zero-order valence-electron chi connectivity index (χ0n) is 8.57. The monoisotopic (exact) mass is 234 g/mol. The van der Waals surface area contributed by atoms with Crippen LogP contribution in [0.5, 0.6) is 5.75 Å². The SMILES string of the molecule is Oc1cc(-c2cnc(C3CC3)[nH]2)ccc1Cl. The molecular formula is C12H11ClN2O. The van der Waals surface area contributed by atoms with Crippen molar-refractivity contribution in [3.05, 3.63) is 35.2 Å². The fraction of sp³-hybridized carbons (Fsp3) is 0.250. The maximum absolute atomic E-state index is 9.52. The van der Waals surface area contributed by atoms with Crippen molar-refractivity contribution >= 4 is 11.6 Å². The van der Waals surface area contributed by atoms with Gasteiger partial charge in [-0.1, -0.05) is 17.7 Å². The molecule has 2 aromatic rings. The van der Waals surface area contributed by atoms with E-state index in [1.807, 2.05) is 6.07 Å². The first-order valence-electron chi connectivity index (χ1n) is 5.28. The lowest BCUT2D eigenvalue weighted by Gasteiger charge is -2.00. The second-order valence-electron chi connectivity index (χ2n) is 4.12. The molecule has 0 aliphatic heterocycles. The molecule has 0 unspecified atom stereocenters. The molecule has 3 nitrogen and oxygen atoms in total. The molecule has 1 saturated carbocycles. The van der Waals surface area contributed by atoms with Crippen LogP contribution in [0, 0.1) is 0 Å². The van der Waals surface area contributed by atoms with Crippen LogP contribution < -0.4 is 0 Å². The number of aromatic amines is 1. The zero-order valence-corrected chi connectivity index (χ0v) is 9.33. The summed E-state index contributed by atoms with van der Waals surface area (Å²) in [5.41, 5.74) is 1.83. The van der Waals surface area contributed by atoms with Gasteiger partial charge in [-0.15, -0.1) is 0 Å². The molecule has 1 aliphatic rings. The van der Waals surface area contributed by atoms with Gasteiger partial charge in [0.2, 0.25) is 0 Å². The molecule has 0 radical (unpaired) electrons. The number of aromatic hydroxyl groups is 1. The van der Waals surface area contributed by atoms with Crippen LogP contribution in [0.15, 0.2) is 24.4 Å². The predicted molar refractivity (Wildman–Crippen MR) is 62.7 cm³/mol. The normalized spacial score (nSPS) is 15.3. The van der Waals surface area contributed by atoms with Gasteiger partial charge in [-0.05, 0) is 25.0 Å². The van der Waals surface area contributed by atoms with Crippen molar-refractivity contribution in [3.8, 4) is 17.0 Å². The van der Waals surface area contributed by atoms with Crippen molar-refractivity contribution in [3.63, 3.8) is 0 Å². The molecular weight excluding hydrogens is 224 g/mol. The number of halogens is 1. The van der Waals surface area contributed by atoms with E-state index in [0.29, 0.717) is 10.9 Å². The van der Waals surface area contributed by atoms with Crippen molar-refractivity contribution in [2.75, 3.05) is 0 Å². The minimum Gasteiger partial charge on any atom is -0.506 e. The Morgan fingerprint density at radius 2 is 2.19 bits per heavy atom. The van der Waals surface area contributed by atoms with E-state index in [-0.39, 0.29) is 5.75 Å². The summed E-state index contributed by atoms with van der Waals surface area (Å²) in [7, 11) is 0. The Labute approximate surface area is 98.1 Å². The lowest BCUT2D eigenvalue weighted by molar-refractivity contribution is 0.476. The van der Waals surface area contributed by atoms with Gasteiger partial charge in [-0.3, -0.25) is 0 Å². The number of hydrogen-bond acceptors (Lipinski definition) is 2. The molecule has 4 heteroatoms. The van der Waals surface area contributed by atoms with Crippen LogP contribution in [0.3, 0.4) is 0 Å². The van der Waals surface area contributed by atoms with Gasteiger partial charge >= 0.3 is 0 Å². The van der Waals surface area contributed by atoms with Crippen LogP contribution >= 0.6 is 11.6 Å². The first-order chi connectivity index (χ1) is 7.74. The second-order valence-corrected chi connectivity index (χ2v) is 4.53. The number of nitrogens with zero attached hydrogens (tertiary/aromatic N) is 1. The number of rotatable bonds is 2. The first kappa shape index (κ1) is 9.73. The number of H-pyrrole nitrogens is 1. The van der Waals surface area contributed by atoms with Crippen LogP contribution in [0.4, 0.5) is 0 Å². The summed E-state index contributed by atoms with van der Waals surface area (Å²) < 4.78 is 0. The largest absolute Gasteiger partial charge is 0.506 e. The molecule has 1 aromatic carbocycles. The Kier molecular flexibility index (Phi) is 2.14. The maximum Gasteiger partial charge on any atom is 0.134 e. The molecule has 0 bridgehead atoms. The number of phenols is 1. The number of hydrogen-bond donors (Lipinski definition) is 2. The van der Waals surface area contributed by atoms with Crippen LogP contribution in [0.25, 0.3) is 11.3 Å². The molecule has 1 fully saturated rings. The quantitative estimate of drug-likeness (QED) is 0.838. The minimum atomic E-state index is 0.0988. The highest BCUT2D eigenvalue weighted by atomic mass is 35.5. The molecule has 1 aromatic heterocycles. The van der Waals surface area contributed by atoms with Gasteiger partial charge in [0.15, 0.2) is 0 Å². The number of benzene rings is 1. The van der Waals surface area contributed by atoms with E-state index < -0.39 is 0 Å².